The van der Waals surface area contributed by atoms with Gasteiger partial charge >= 0.3 is 0 Å². The molecule has 1 aromatic heterocycles. The van der Waals surface area contributed by atoms with Gasteiger partial charge in [0.25, 0.3) is 0 Å². The van der Waals surface area contributed by atoms with Gasteiger partial charge in [0.05, 0.1) is 24.7 Å². The molecule has 146 valence electrons. The molecule has 4 rings (SSSR count). The summed E-state index contributed by atoms with van der Waals surface area (Å²) in [5, 5.41) is 24.7. The fourth-order valence-electron chi connectivity index (χ4n) is 3.30. The maximum absolute atomic E-state index is 12.5. The van der Waals surface area contributed by atoms with Gasteiger partial charge in [-0.2, -0.15) is 5.10 Å². The molecule has 4 N–H and O–H groups in total. The van der Waals surface area contributed by atoms with Crippen LogP contribution in [0.3, 0.4) is 0 Å². The molecule has 3 aromatic carbocycles. The number of aliphatic hydroxyl groups excluding tert-OH is 1. The highest BCUT2D eigenvalue weighted by Crippen LogP contribution is 2.19. The number of fused-ring (bicyclic) bond motifs is 2. The number of carbonyl (C=O) groups is 2. The molecule has 0 saturated carbocycles. The molecule has 1 heterocycles. The van der Waals surface area contributed by atoms with E-state index in [0.717, 1.165) is 27.2 Å². The third-order valence-corrected chi connectivity index (χ3v) is 4.77. The highest BCUT2D eigenvalue weighted by atomic mass is 16.3. The van der Waals surface area contributed by atoms with Crippen molar-refractivity contribution in [1.82, 2.24) is 15.5 Å². The maximum atomic E-state index is 12.5. The summed E-state index contributed by atoms with van der Waals surface area (Å²) in [4.78, 5) is 25.0. The van der Waals surface area contributed by atoms with Crippen molar-refractivity contribution in [3.63, 3.8) is 0 Å². The first-order valence-corrected chi connectivity index (χ1v) is 9.25. The second-order valence-electron chi connectivity index (χ2n) is 6.78. The van der Waals surface area contributed by atoms with E-state index in [1.54, 1.807) is 18.3 Å². The Morgan fingerprint density at radius 3 is 2.72 bits per heavy atom. The van der Waals surface area contributed by atoms with Crippen molar-refractivity contribution in [3.8, 4) is 0 Å². The summed E-state index contributed by atoms with van der Waals surface area (Å²) >= 11 is 0. The number of hydrogen-bond acceptors (Lipinski definition) is 4. The Morgan fingerprint density at radius 1 is 1.03 bits per heavy atom. The number of aromatic nitrogens is 2. The minimum atomic E-state index is -1.05. The lowest BCUT2D eigenvalue weighted by Crippen LogP contribution is -2.46. The second kappa shape index (κ2) is 8.12. The summed E-state index contributed by atoms with van der Waals surface area (Å²) in [7, 11) is 0. The van der Waals surface area contributed by atoms with Gasteiger partial charge in [0.15, 0.2) is 0 Å². The number of H-pyrrole nitrogens is 1. The monoisotopic (exact) mass is 388 g/mol. The van der Waals surface area contributed by atoms with Crippen LogP contribution >= 0.6 is 0 Å². The normalized spacial score (nSPS) is 12.0. The molecule has 7 heteroatoms. The minimum Gasteiger partial charge on any atom is -0.394 e. The summed E-state index contributed by atoms with van der Waals surface area (Å²) < 4.78 is 0. The van der Waals surface area contributed by atoms with Crippen molar-refractivity contribution in [2.24, 2.45) is 0 Å². The average Bonchev–Trinajstić information content (AvgIpc) is 3.20. The number of aromatic amines is 1. The zero-order chi connectivity index (χ0) is 20.2. The van der Waals surface area contributed by atoms with Crippen molar-refractivity contribution >= 4 is 39.2 Å². The summed E-state index contributed by atoms with van der Waals surface area (Å²) in [5.41, 5.74) is 2.19. The molecular formula is C22H20N4O3. The molecule has 2 amide bonds. The molecule has 0 aliphatic heterocycles. The van der Waals surface area contributed by atoms with Gasteiger partial charge in [-0.25, -0.2) is 0 Å². The van der Waals surface area contributed by atoms with E-state index in [-0.39, 0.29) is 12.3 Å². The van der Waals surface area contributed by atoms with Gasteiger partial charge in [0.1, 0.15) is 6.04 Å². The van der Waals surface area contributed by atoms with Crippen molar-refractivity contribution < 1.29 is 14.7 Å². The van der Waals surface area contributed by atoms with Crippen LogP contribution in [0.5, 0.6) is 0 Å². The summed E-state index contributed by atoms with van der Waals surface area (Å²) in [6.07, 6.45) is 1.80. The quantitative estimate of drug-likeness (QED) is 0.407. The fraction of sp³-hybridized carbons (Fsp3) is 0.136. The van der Waals surface area contributed by atoms with E-state index < -0.39 is 18.6 Å². The number of anilines is 1. The maximum Gasteiger partial charge on any atom is 0.249 e. The zero-order valence-electron chi connectivity index (χ0n) is 15.6. The molecule has 1 unspecified atom stereocenters. The Labute approximate surface area is 166 Å². The third-order valence-electron chi connectivity index (χ3n) is 4.77. The molecule has 0 saturated heterocycles. The Kier molecular flexibility index (Phi) is 5.22. The first kappa shape index (κ1) is 18.6. The molecule has 1 atom stereocenters. The van der Waals surface area contributed by atoms with E-state index in [2.05, 4.69) is 20.8 Å². The van der Waals surface area contributed by atoms with E-state index >= 15 is 0 Å². The van der Waals surface area contributed by atoms with Crippen molar-refractivity contribution in [3.05, 3.63) is 72.4 Å². The summed E-state index contributed by atoms with van der Waals surface area (Å²) in [6, 6.07) is 17.8. The lowest BCUT2D eigenvalue weighted by Gasteiger charge is -2.17. The van der Waals surface area contributed by atoms with Crippen LogP contribution in [0, 0.1) is 0 Å². The van der Waals surface area contributed by atoms with Crippen LogP contribution in [0.1, 0.15) is 5.56 Å². The number of rotatable bonds is 6. The number of carbonyl (C=O) groups excluding carboxylic acids is 2. The van der Waals surface area contributed by atoms with E-state index in [4.69, 9.17) is 0 Å². The van der Waals surface area contributed by atoms with Gasteiger partial charge in [-0.05, 0) is 34.5 Å². The molecule has 29 heavy (non-hydrogen) atoms. The Hall–Kier alpha value is -3.71. The van der Waals surface area contributed by atoms with Crippen molar-refractivity contribution in [2.45, 2.75) is 12.5 Å². The van der Waals surface area contributed by atoms with E-state index in [1.165, 1.54) is 0 Å². The van der Waals surface area contributed by atoms with Crippen molar-refractivity contribution in [1.29, 1.82) is 0 Å². The third kappa shape index (κ3) is 4.09. The average molecular weight is 388 g/mol. The van der Waals surface area contributed by atoms with E-state index in [9.17, 15) is 14.7 Å². The number of hydrogen-bond donors (Lipinski definition) is 4. The molecule has 4 aromatic rings. The number of aliphatic hydroxyl groups is 1. The summed E-state index contributed by atoms with van der Waals surface area (Å²) in [5.74, 6) is -0.822. The predicted octanol–water partition coefficient (Wildman–Crippen LogP) is 2.37. The van der Waals surface area contributed by atoms with Crippen LogP contribution in [0.4, 0.5) is 5.69 Å². The van der Waals surface area contributed by atoms with E-state index in [1.807, 2.05) is 48.5 Å². The van der Waals surface area contributed by atoms with Crippen LogP contribution in [0.25, 0.3) is 21.7 Å². The predicted molar refractivity (Wildman–Crippen MR) is 111 cm³/mol. The van der Waals surface area contributed by atoms with Gasteiger partial charge in [-0.15, -0.1) is 0 Å². The molecule has 0 spiro atoms. The van der Waals surface area contributed by atoms with Gasteiger partial charge in [-0.3, -0.25) is 14.7 Å². The van der Waals surface area contributed by atoms with Gasteiger partial charge in [0, 0.05) is 11.1 Å². The van der Waals surface area contributed by atoms with Gasteiger partial charge < -0.3 is 15.7 Å². The molecule has 0 fully saturated rings. The Bertz CT molecular complexity index is 1180. The molecule has 0 bridgehead atoms. The smallest absolute Gasteiger partial charge is 0.249 e. The molecule has 7 nitrogen and oxygen atoms in total. The topological polar surface area (TPSA) is 107 Å². The first-order valence-electron chi connectivity index (χ1n) is 9.25. The lowest BCUT2D eigenvalue weighted by atomic mass is 10.0. The standard InChI is InChI=1S/C22H20N4O3/c27-13-20(22(29)24-17-9-8-16-12-23-26-19(16)11-17)25-21(28)10-15-6-3-5-14-4-1-2-7-18(14)15/h1-9,11-12,20,27H,10,13H2,(H,23,26)(H,24,29)(H,25,28). The summed E-state index contributed by atoms with van der Waals surface area (Å²) in [6.45, 7) is -0.501. The van der Waals surface area contributed by atoms with Gasteiger partial charge in [0.2, 0.25) is 11.8 Å². The fourth-order valence-corrected chi connectivity index (χ4v) is 3.30. The first-order chi connectivity index (χ1) is 14.1. The molecule has 0 radical (unpaired) electrons. The molecular weight excluding hydrogens is 368 g/mol. The Morgan fingerprint density at radius 2 is 1.86 bits per heavy atom. The van der Waals surface area contributed by atoms with E-state index in [0.29, 0.717) is 5.69 Å². The number of nitrogens with one attached hydrogen (secondary N) is 3. The number of amides is 2. The number of benzene rings is 3. The SMILES string of the molecule is O=C(Cc1cccc2ccccc12)NC(CO)C(=O)Nc1ccc2cn[nH]c2c1. The Balaban J connectivity index is 1.43. The lowest BCUT2D eigenvalue weighted by molar-refractivity contribution is -0.126. The molecule has 0 aliphatic carbocycles. The minimum absolute atomic E-state index is 0.116. The zero-order valence-corrected chi connectivity index (χ0v) is 15.6. The van der Waals surface area contributed by atoms with Gasteiger partial charge in [-0.1, -0.05) is 42.5 Å². The van der Waals surface area contributed by atoms with Crippen molar-refractivity contribution in [2.75, 3.05) is 11.9 Å². The second-order valence-corrected chi connectivity index (χ2v) is 6.78. The highest BCUT2D eigenvalue weighted by Gasteiger charge is 2.20. The van der Waals surface area contributed by atoms with Crippen LogP contribution < -0.4 is 10.6 Å². The largest absolute Gasteiger partial charge is 0.394 e. The van der Waals surface area contributed by atoms with Crippen LogP contribution in [0.15, 0.2) is 66.9 Å². The van der Waals surface area contributed by atoms with Crippen LogP contribution in [0.2, 0.25) is 0 Å². The van der Waals surface area contributed by atoms with Crippen LogP contribution in [-0.2, 0) is 16.0 Å². The van der Waals surface area contributed by atoms with Crippen LogP contribution in [-0.4, -0.2) is 39.8 Å². The molecule has 0 aliphatic rings. The highest BCUT2D eigenvalue weighted by molar-refractivity contribution is 5.99. The number of nitrogens with zero attached hydrogens (tertiary/aromatic N) is 1.